The van der Waals surface area contributed by atoms with Gasteiger partial charge < -0.3 is 4.72 Å². The summed E-state index contributed by atoms with van der Waals surface area (Å²) in [5.74, 6) is 0.632. The van der Waals surface area contributed by atoms with E-state index in [1.165, 1.54) is 5.56 Å². The average Bonchev–Trinajstić information content (AvgIpc) is 2.09. The molecule has 0 amide bonds. The molecule has 72 valence electrons. The van der Waals surface area contributed by atoms with Gasteiger partial charge in [0.1, 0.15) is 11.0 Å². The second-order valence-corrected chi connectivity index (χ2v) is 4.53. The topological polar surface area (TPSA) is 29.1 Å². The van der Waals surface area contributed by atoms with Crippen molar-refractivity contribution >= 4 is 16.7 Å². The molecular weight excluding hydrogens is 182 g/mol. The van der Waals surface area contributed by atoms with Crippen LogP contribution in [0.1, 0.15) is 18.1 Å². The molecule has 0 fully saturated rings. The second kappa shape index (κ2) is 4.42. The Bertz CT molecular complexity index is 323. The second-order valence-electron chi connectivity index (χ2n) is 3.05. The first-order valence-electron chi connectivity index (χ1n) is 4.35. The predicted molar refractivity (Wildman–Crippen MR) is 58.2 cm³/mol. The Balaban J connectivity index is 2.83. The first kappa shape index (κ1) is 10.3. The number of aryl methyl sites for hydroxylation is 2. The van der Waals surface area contributed by atoms with Gasteiger partial charge in [-0.25, -0.2) is 4.21 Å². The molecule has 0 aliphatic heterocycles. The number of rotatable bonds is 3. The summed E-state index contributed by atoms with van der Waals surface area (Å²) >= 11 is 0. The smallest absolute Gasteiger partial charge is 0.116 e. The van der Waals surface area contributed by atoms with E-state index in [2.05, 4.69) is 10.8 Å². The summed E-state index contributed by atoms with van der Waals surface area (Å²) < 4.78 is 14.2. The van der Waals surface area contributed by atoms with Gasteiger partial charge in [-0.15, -0.1) is 0 Å². The zero-order chi connectivity index (χ0) is 9.84. The third-order valence-corrected chi connectivity index (χ3v) is 2.84. The lowest BCUT2D eigenvalue weighted by Crippen LogP contribution is -2.07. The Hall–Kier alpha value is -0.830. The van der Waals surface area contributed by atoms with Crippen LogP contribution in [0.3, 0.4) is 0 Å². The number of hydrogen-bond donors (Lipinski definition) is 1. The number of nitrogens with one attached hydrogen (secondary N) is 1. The normalized spacial score (nSPS) is 12.5. The first-order chi connectivity index (χ1) is 6.13. The standard InChI is InChI=1S/C10H15NOS/c1-4-13(12)11-10-6-5-8(2)7-9(10)3/h5-7,11H,4H2,1-3H3. The van der Waals surface area contributed by atoms with Crippen LogP contribution in [0.15, 0.2) is 18.2 Å². The van der Waals surface area contributed by atoms with Gasteiger partial charge in [-0.1, -0.05) is 24.6 Å². The lowest BCUT2D eigenvalue weighted by Gasteiger charge is -2.07. The average molecular weight is 197 g/mol. The molecule has 2 nitrogen and oxygen atoms in total. The van der Waals surface area contributed by atoms with E-state index in [9.17, 15) is 4.21 Å². The molecule has 0 saturated carbocycles. The van der Waals surface area contributed by atoms with Crippen LogP contribution in [0.4, 0.5) is 5.69 Å². The molecule has 1 atom stereocenters. The summed E-state index contributed by atoms with van der Waals surface area (Å²) in [6.07, 6.45) is 0. The Kier molecular flexibility index (Phi) is 3.48. The van der Waals surface area contributed by atoms with Crippen molar-refractivity contribution in [3.05, 3.63) is 29.3 Å². The van der Waals surface area contributed by atoms with Gasteiger partial charge in [0.15, 0.2) is 0 Å². The van der Waals surface area contributed by atoms with Crippen molar-refractivity contribution in [2.45, 2.75) is 20.8 Å². The van der Waals surface area contributed by atoms with Crippen molar-refractivity contribution in [1.29, 1.82) is 0 Å². The molecule has 0 saturated heterocycles. The predicted octanol–water partition coefficient (Wildman–Crippen LogP) is 2.40. The minimum absolute atomic E-state index is 0.632. The van der Waals surface area contributed by atoms with Crippen LogP contribution in [0.2, 0.25) is 0 Å². The molecule has 13 heavy (non-hydrogen) atoms. The number of hydrogen-bond acceptors (Lipinski definition) is 1. The van der Waals surface area contributed by atoms with Crippen LogP contribution >= 0.6 is 0 Å². The van der Waals surface area contributed by atoms with Crippen LogP contribution < -0.4 is 4.72 Å². The van der Waals surface area contributed by atoms with E-state index >= 15 is 0 Å². The fraction of sp³-hybridized carbons (Fsp3) is 0.400. The summed E-state index contributed by atoms with van der Waals surface area (Å²) in [4.78, 5) is 0. The molecular formula is C10H15NOS. The summed E-state index contributed by atoms with van der Waals surface area (Å²) in [6.45, 7) is 5.96. The first-order valence-corrected chi connectivity index (χ1v) is 5.67. The van der Waals surface area contributed by atoms with Gasteiger partial charge in [0.25, 0.3) is 0 Å². The maximum atomic E-state index is 11.2. The fourth-order valence-corrected chi connectivity index (χ4v) is 1.74. The Morgan fingerprint density at radius 2 is 2.08 bits per heavy atom. The maximum Gasteiger partial charge on any atom is 0.116 e. The van der Waals surface area contributed by atoms with Crippen LogP contribution in [-0.4, -0.2) is 9.96 Å². The van der Waals surface area contributed by atoms with Gasteiger partial charge in [0, 0.05) is 11.4 Å². The van der Waals surface area contributed by atoms with Gasteiger partial charge in [0.2, 0.25) is 0 Å². The fourth-order valence-electron chi connectivity index (χ4n) is 1.12. The van der Waals surface area contributed by atoms with Crippen molar-refractivity contribution in [3.63, 3.8) is 0 Å². The largest absolute Gasteiger partial charge is 0.305 e. The van der Waals surface area contributed by atoms with Crippen molar-refractivity contribution in [2.75, 3.05) is 10.5 Å². The summed E-state index contributed by atoms with van der Waals surface area (Å²) in [6, 6.07) is 6.07. The quantitative estimate of drug-likeness (QED) is 0.792. The van der Waals surface area contributed by atoms with Gasteiger partial charge in [-0.05, 0) is 25.5 Å². The molecule has 1 N–H and O–H groups in total. The van der Waals surface area contributed by atoms with E-state index < -0.39 is 11.0 Å². The van der Waals surface area contributed by atoms with E-state index in [0.29, 0.717) is 5.75 Å². The molecule has 0 bridgehead atoms. The molecule has 0 aliphatic carbocycles. The monoisotopic (exact) mass is 197 g/mol. The minimum Gasteiger partial charge on any atom is -0.305 e. The highest BCUT2D eigenvalue weighted by Crippen LogP contribution is 2.16. The lowest BCUT2D eigenvalue weighted by molar-refractivity contribution is 0.687. The molecule has 3 heteroatoms. The third kappa shape index (κ3) is 2.84. The Morgan fingerprint density at radius 1 is 1.38 bits per heavy atom. The number of benzene rings is 1. The van der Waals surface area contributed by atoms with E-state index in [4.69, 9.17) is 0 Å². The highest BCUT2D eigenvalue weighted by Gasteiger charge is 2.00. The maximum absolute atomic E-state index is 11.2. The molecule has 1 rings (SSSR count). The van der Waals surface area contributed by atoms with Crippen molar-refractivity contribution in [1.82, 2.24) is 0 Å². The van der Waals surface area contributed by atoms with E-state index in [0.717, 1.165) is 11.3 Å². The summed E-state index contributed by atoms with van der Waals surface area (Å²) in [5, 5.41) is 0. The van der Waals surface area contributed by atoms with Crippen molar-refractivity contribution in [3.8, 4) is 0 Å². The lowest BCUT2D eigenvalue weighted by atomic mass is 10.1. The molecule has 1 aromatic rings. The van der Waals surface area contributed by atoms with E-state index in [-0.39, 0.29) is 0 Å². The minimum atomic E-state index is -0.945. The van der Waals surface area contributed by atoms with Crippen molar-refractivity contribution < 1.29 is 4.21 Å². The Morgan fingerprint density at radius 3 is 2.62 bits per heavy atom. The number of anilines is 1. The molecule has 0 heterocycles. The van der Waals surface area contributed by atoms with Gasteiger partial charge >= 0.3 is 0 Å². The van der Waals surface area contributed by atoms with Gasteiger partial charge in [-0.2, -0.15) is 0 Å². The SMILES string of the molecule is CCS(=O)Nc1ccc(C)cc1C. The summed E-state index contributed by atoms with van der Waals surface area (Å²) in [7, 11) is -0.945. The van der Waals surface area contributed by atoms with Gasteiger partial charge in [0.05, 0.1) is 0 Å². The van der Waals surface area contributed by atoms with Crippen LogP contribution in [-0.2, 0) is 11.0 Å². The van der Waals surface area contributed by atoms with Crippen LogP contribution in [0.5, 0.6) is 0 Å². The third-order valence-electron chi connectivity index (χ3n) is 1.87. The van der Waals surface area contributed by atoms with E-state index in [1.807, 2.05) is 32.9 Å². The van der Waals surface area contributed by atoms with E-state index in [1.54, 1.807) is 0 Å². The molecule has 0 spiro atoms. The molecule has 0 aromatic heterocycles. The zero-order valence-electron chi connectivity index (χ0n) is 8.26. The molecule has 1 aromatic carbocycles. The highest BCUT2D eigenvalue weighted by atomic mass is 32.2. The Labute approximate surface area is 82.0 Å². The molecule has 1 unspecified atom stereocenters. The molecule has 0 radical (unpaired) electrons. The molecule has 0 aliphatic rings. The van der Waals surface area contributed by atoms with Crippen LogP contribution in [0, 0.1) is 13.8 Å². The summed E-state index contributed by atoms with van der Waals surface area (Å²) in [5.41, 5.74) is 3.33. The zero-order valence-corrected chi connectivity index (χ0v) is 9.07. The van der Waals surface area contributed by atoms with Gasteiger partial charge in [-0.3, -0.25) is 0 Å². The van der Waals surface area contributed by atoms with Crippen molar-refractivity contribution in [2.24, 2.45) is 0 Å². The van der Waals surface area contributed by atoms with Crippen LogP contribution in [0.25, 0.3) is 0 Å². The highest BCUT2D eigenvalue weighted by molar-refractivity contribution is 7.86.